The molecule has 0 saturated heterocycles. The summed E-state index contributed by atoms with van der Waals surface area (Å²) < 4.78 is 19.5. The van der Waals surface area contributed by atoms with Crippen LogP contribution >= 0.6 is 0 Å². The fourth-order valence-corrected chi connectivity index (χ4v) is 0.781. The van der Waals surface area contributed by atoms with Crippen molar-refractivity contribution in [2.24, 2.45) is 0 Å². The molecule has 0 heterocycles. The van der Waals surface area contributed by atoms with Gasteiger partial charge in [-0.15, -0.1) is 0 Å². The maximum Gasteiger partial charge on any atom is 0.0216 e. The largest absolute Gasteiger partial charge is 0.772 e. The summed E-state index contributed by atoms with van der Waals surface area (Å²) in [5.41, 5.74) is 0. The van der Waals surface area contributed by atoms with Crippen LogP contribution in [-0.4, -0.2) is 14.0 Å². The van der Waals surface area contributed by atoms with Crippen molar-refractivity contribution in [3.63, 3.8) is 0 Å². The normalized spacial score (nSPS) is 23.0. The van der Waals surface area contributed by atoms with E-state index < -0.39 is 11.1 Å². The minimum Gasteiger partial charge on any atom is -0.772 e. The van der Waals surface area contributed by atoms with E-state index in [1.807, 2.05) is 0 Å². The van der Waals surface area contributed by atoms with E-state index in [9.17, 15) is 8.76 Å². The van der Waals surface area contributed by atoms with E-state index in [1.165, 1.54) is 0 Å². The van der Waals surface area contributed by atoms with Gasteiger partial charge in [0.1, 0.15) is 0 Å². The molecule has 1 rings (SSSR count). The third-order valence-electron chi connectivity index (χ3n) is 0.797. The Morgan fingerprint density at radius 2 is 2.00 bits per heavy atom. The van der Waals surface area contributed by atoms with Crippen molar-refractivity contribution in [2.45, 2.75) is 18.1 Å². The van der Waals surface area contributed by atoms with Crippen LogP contribution in [0.2, 0.25) is 0 Å². The Morgan fingerprint density at radius 1 is 1.57 bits per heavy atom. The number of rotatable bonds is 1. The van der Waals surface area contributed by atoms with E-state index in [1.54, 1.807) is 0 Å². The molecule has 0 aromatic rings. The summed E-state index contributed by atoms with van der Waals surface area (Å²) in [5, 5.41) is 0.0185. The van der Waals surface area contributed by atoms with E-state index in [-0.39, 0.29) is 26.3 Å². The molecule has 1 saturated carbocycles. The van der Waals surface area contributed by atoms with Gasteiger partial charge in [-0.05, 0) is 12.8 Å². The molecule has 1 atom stereocenters. The van der Waals surface area contributed by atoms with Gasteiger partial charge in [-0.2, -0.15) is 0 Å². The molecule has 0 aromatic heterocycles. The first-order valence-electron chi connectivity index (χ1n) is 1.89. The summed E-state index contributed by atoms with van der Waals surface area (Å²) in [6, 6.07) is 0. The van der Waals surface area contributed by atoms with Gasteiger partial charge in [0.25, 0.3) is 0 Å². The van der Waals surface area contributed by atoms with E-state index in [4.69, 9.17) is 0 Å². The summed E-state index contributed by atoms with van der Waals surface area (Å²) in [6.07, 6.45) is 1.77. The van der Waals surface area contributed by atoms with Crippen LogP contribution in [0.4, 0.5) is 0 Å². The third kappa shape index (κ3) is 2.57. The zero-order valence-electron chi connectivity index (χ0n) is 3.62. The van der Waals surface area contributed by atoms with Crippen molar-refractivity contribution in [3.05, 3.63) is 0 Å². The molecule has 0 aliphatic heterocycles. The van der Waals surface area contributed by atoms with Crippen LogP contribution < -0.4 is 0 Å². The molecule has 0 aromatic carbocycles. The van der Waals surface area contributed by atoms with Crippen LogP contribution in [0.3, 0.4) is 0 Å². The Balaban J connectivity index is 0.000000360. The number of hydrogen-bond acceptors (Lipinski definition) is 2. The zero-order chi connectivity index (χ0) is 4.57. The van der Waals surface area contributed by atoms with E-state index in [0.29, 0.717) is 0 Å². The van der Waals surface area contributed by atoms with Gasteiger partial charge < -0.3 is 4.55 Å². The van der Waals surface area contributed by atoms with Crippen molar-refractivity contribution in [3.8, 4) is 0 Å². The Bertz CT molecular complexity index is 81.0. The Hall–Kier alpha value is 0.798. The third-order valence-corrected chi connectivity index (χ3v) is 1.81. The van der Waals surface area contributed by atoms with Crippen LogP contribution in [0.15, 0.2) is 0 Å². The average molecular weight is 289 g/mol. The second-order valence-corrected chi connectivity index (χ2v) is 2.65. The Labute approximate surface area is 59.2 Å². The smallest absolute Gasteiger partial charge is 0.0216 e. The first kappa shape index (κ1) is 7.80. The molecule has 1 fully saturated rings. The van der Waals surface area contributed by atoms with Crippen molar-refractivity contribution < 1.29 is 29.8 Å². The van der Waals surface area contributed by atoms with Crippen molar-refractivity contribution >= 4 is 11.1 Å². The van der Waals surface area contributed by atoms with Gasteiger partial charge in [-0.3, -0.25) is 4.21 Å². The predicted molar refractivity (Wildman–Crippen MR) is 21.9 cm³/mol. The Morgan fingerprint density at radius 3 is 2.00 bits per heavy atom. The molecular weight excluding hydrogens is 284 g/mol. The fraction of sp³-hybridized carbons (Fsp3) is 1.00. The molecule has 0 bridgehead atoms. The minimum atomic E-state index is -1.76. The number of hydrogen-bond donors (Lipinski definition) is 0. The average Bonchev–Trinajstić information content (AvgIpc) is 2.06. The van der Waals surface area contributed by atoms with Crippen LogP contribution in [0.5, 0.6) is 0 Å². The van der Waals surface area contributed by atoms with Gasteiger partial charge in [0.05, 0.1) is 0 Å². The van der Waals surface area contributed by atoms with Gasteiger partial charge in [-0.1, -0.05) is 11.1 Å². The predicted octanol–water partition coefficient (Wildman–Crippen LogP) is 0.0254. The SMILES string of the molecule is O=S([O-])C1CC1.[W]. The minimum absolute atomic E-state index is 0. The molecule has 0 spiro atoms. The maximum absolute atomic E-state index is 9.76. The standard InChI is InChI=1S/C3H6O2S.W/c4-6(5)3-1-2-3;/h3H,1-2H2,(H,4,5);/p-1. The van der Waals surface area contributed by atoms with Gasteiger partial charge in [0, 0.05) is 26.3 Å². The molecule has 0 amide bonds. The van der Waals surface area contributed by atoms with Gasteiger partial charge in [-0.25, -0.2) is 0 Å². The second-order valence-electron chi connectivity index (χ2n) is 1.46. The van der Waals surface area contributed by atoms with Crippen LogP contribution in [0, 0.1) is 0 Å². The molecule has 0 N–H and O–H groups in total. The molecule has 1 aliphatic carbocycles. The summed E-state index contributed by atoms with van der Waals surface area (Å²) in [6.45, 7) is 0. The van der Waals surface area contributed by atoms with Crippen molar-refractivity contribution in [2.75, 3.05) is 0 Å². The second kappa shape index (κ2) is 2.95. The first-order chi connectivity index (χ1) is 2.80. The van der Waals surface area contributed by atoms with Crippen molar-refractivity contribution in [1.82, 2.24) is 0 Å². The van der Waals surface area contributed by atoms with Gasteiger partial charge in [0.2, 0.25) is 0 Å². The first-order valence-corrected chi connectivity index (χ1v) is 3.02. The molecular formula is C3H5O2SW-. The van der Waals surface area contributed by atoms with E-state index in [0.717, 1.165) is 12.8 Å². The Kier molecular flexibility index (Phi) is 3.29. The molecule has 42 valence electrons. The van der Waals surface area contributed by atoms with E-state index >= 15 is 0 Å². The molecule has 1 unspecified atom stereocenters. The van der Waals surface area contributed by atoms with E-state index in [2.05, 4.69) is 0 Å². The molecule has 2 nitrogen and oxygen atoms in total. The molecule has 1 aliphatic rings. The van der Waals surface area contributed by atoms with Crippen LogP contribution in [0.1, 0.15) is 12.8 Å². The fourth-order valence-electron chi connectivity index (χ4n) is 0.260. The molecule has 4 heteroatoms. The zero-order valence-corrected chi connectivity index (χ0v) is 7.37. The molecule has 7 heavy (non-hydrogen) atoms. The topological polar surface area (TPSA) is 40.1 Å². The summed E-state index contributed by atoms with van der Waals surface area (Å²) in [7, 11) is 0. The maximum atomic E-state index is 9.76. The molecule has 0 radical (unpaired) electrons. The van der Waals surface area contributed by atoms with Crippen molar-refractivity contribution in [1.29, 1.82) is 0 Å². The quantitative estimate of drug-likeness (QED) is 0.639. The van der Waals surface area contributed by atoms with Gasteiger partial charge >= 0.3 is 0 Å². The van der Waals surface area contributed by atoms with Crippen LogP contribution in [0.25, 0.3) is 0 Å². The summed E-state index contributed by atoms with van der Waals surface area (Å²) in [5.74, 6) is 0. The monoisotopic (exact) mass is 289 g/mol. The summed E-state index contributed by atoms with van der Waals surface area (Å²) >= 11 is -1.76. The van der Waals surface area contributed by atoms with Gasteiger partial charge in [0.15, 0.2) is 0 Å². The summed E-state index contributed by atoms with van der Waals surface area (Å²) in [4.78, 5) is 0. The van der Waals surface area contributed by atoms with Crippen LogP contribution in [-0.2, 0) is 32.1 Å².